The van der Waals surface area contributed by atoms with Crippen LogP contribution in [0.4, 0.5) is 0 Å². The third-order valence-corrected chi connectivity index (χ3v) is 6.20. The molecule has 0 saturated heterocycles. The molecular formula is C26H19IN4. The Hall–Kier alpha value is -3.45. The number of rotatable bonds is 1. The van der Waals surface area contributed by atoms with Gasteiger partial charge < -0.3 is 19.9 Å². The number of H-pyrrole nitrogens is 4. The van der Waals surface area contributed by atoms with E-state index in [0.717, 1.165) is 49.7 Å². The molecule has 4 nitrogen and oxygen atoms in total. The van der Waals surface area contributed by atoms with Gasteiger partial charge in [-0.05, 0) is 107 Å². The molecule has 0 amide bonds. The van der Waals surface area contributed by atoms with Crippen molar-refractivity contribution in [1.82, 2.24) is 19.9 Å². The van der Waals surface area contributed by atoms with Gasteiger partial charge in [0.25, 0.3) is 0 Å². The molecule has 0 unspecified atom stereocenters. The predicted molar refractivity (Wildman–Crippen MR) is 133 cm³/mol. The summed E-state index contributed by atoms with van der Waals surface area (Å²) in [6.45, 7) is 0. The van der Waals surface area contributed by atoms with Crippen LogP contribution < -0.4 is 21.4 Å². The topological polar surface area (TPSA) is 63.2 Å². The van der Waals surface area contributed by atoms with E-state index in [-0.39, 0.29) is 0 Å². The molecule has 150 valence electrons. The minimum Gasteiger partial charge on any atom is -0.355 e. The van der Waals surface area contributed by atoms with E-state index in [2.05, 4.69) is 134 Å². The van der Waals surface area contributed by atoms with Crippen molar-refractivity contribution in [1.29, 1.82) is 0 Å². The summed E-state index contributed by atoms with van der Waals surface area (Å²) in [4.78, 5) is 14.1. The van der Waals surface area contributed by atoms with Crippen LogP contribution in [0.2, 0.25) is 0 Å². The quantitative estimate of drug-likeness (QED) is 0.244. The Morgan fingerprint density at radius 3 is 1.77 bits per heavy atom. The zero-order valence-electron chi connectivity index (χ0n) is 16.5. The van der Waals surface area contributed by atoms with E-state index in [1.165, 1.54) is 9.13 Å². The molecule has 0 fully saturated rings. The predicted octanol–water partition coefficient (Wildman–Crippen LogP) is 2.65. The number of aromatic nitrogens is 4. The summed E-state index contributed by atoms with van der Waals surface area (Å²) >= 11 is 2.34. The zero-order chi connectivity index (χ0) is 20.8. The van der Waals surface area contributed by atoms with Crippen LogP contribution in [0.25, 0.3) is 23.8 Å². The zero-order valence-corrected chi connectivity index (χ0v) is 18.7. The molecule has 8 bridgehead atoms. The molecule has 31 heavy (non-hydrogen) atoms. The van der Waals surface area contributed by atoms with E-state index < -0.39 is 0 Å². The Labute approximate surface area is 191 Å². The molecule has 0 saturated carbocycles. The molecule has 5 heterocycles. The highest BCUT2D eigenvalue weighted by molar-refractivity contribution is 14.1. The van der Waals surface area contributed by atoms with E-state index >= 15 is 0 Å². The molecule has 1 aliphatic rings. The lowest BCUT2D eigenvalue weighted by Gasteiger charge is -2.06. The highest BCUT2D eigenvalue weighted by atomic mass is 127. The van der Waals surface area contributed by atoms with Gasteiger partial charge in [-0.3, -0.25) is 0 Å². The van der Waals surface area contributed by atoms with Gasteiger partial charge in [0.2, 0.25) is 0 Å². The third-order valence-electron chi connectivity index (χ3n) is 5.48. The van der Waals surface area contributed by atoms with Gasteiger partial charge in [0.15, 0.2) is 0 Å². The molecule has 0 atom stereocenters. The van der Waals surface area contributed by atoms with Gasteiger partial charge in [0.1, 0.15) is 0 Å². The van der Waals surface area contributed by atoms with E-state index in [9.17, 15) is 0 Å². The van der Waals surface area contributed by atoms with E-state index in [0.29, 0.717) is 0 Å². The Balaban J connectivity index is 1.66. The lowest BCUT2D eigenvalue weighted by atomic mass is 10.0. The van der Waals surface area contributed by atoms with E-state index in [1.807, 2.05) is 0 Å². The smallest absolute Gasteiger partial charge is 0.0485 e. The molecular weight excluding hydrogens is 495 g/mol. The summed E-state index contributed by atoms with van der Waals surface area (Å²) in [5.41, 5.74) is 6.57. The maximum Gasteiger partial charge on any atom is 0.0485 e. The monoisotopic (exact) mass is 514 g/mol. The van der Waals surface area contributed by atoms with Crippen LogP contribution in [0.1, 0.15) is 28.3 Å². The van der Waals surface area contributed by atoms with Gasteiger partial charge >= 0.3 is 0 Å². The SMILES string of the molecule is Ic1ccc(C2=c3ccc([nH]3)=Cc3ccc([nH]3)C=c3ccc([nH]3)=Cc3ccc2[nH]3)cc1. The van der Waals surface area contributed by atoms with Gasteiger partial charge in [-0.1, -0.05) is 12.1 Å². The maximum absolute atomic E-state index is 3.60. The van der Waals surface area contributed by atoms with Crippen molar-refractivity contribution < 1.29 is 0 Å². The van der Waals surface area contributed by atoms with Crippen LogP contribution >= 0.6 is 22.6 Å². The first-order valence-corrected chi connectivity index (χ1v) is 11.2. The summed E-state index contributed by atoms with van der Waals surface area (Å²) in [6, 6.07) is 25.6. The minimum atomic E-state index is 1.05. The first-order valence-electron chi connectivity index (χ1n) is 10.1. The summed E-state index contributed by atoms with van der Waals surface area (Å²) in [5, 5.41) is 4.25. The second-order valence-electron chi connectivity index (χ2n) is 7.71. The van der Waals surface area contributed by atoms with Crippen LogP contribution in [-0.2, 0) is 0 Å². The average Bonchev–Trinajstić information content (AvgIpc) is 3.55. The number of halogens is 1. The summed E-state index contributed by atoms with van der Waals surface area (Å²) in [6.07, 6.45) is 6.38. The van der Waals surface area contributed by atoms with E-state index in [4.69, 9.17) is 0 Å². The van der Waals surface area contributed by atoms with Crippen molar-refractivity contribution in [3.05, 3.63) is 126 Å². The largest absolute Gasteiger partial charge is 0.355 e. The molecule has 4 N–H and O–H groups in total. The second-order valence-corrected chi connectivity index (χ2v) is 8.95. The fourth-order valence-electron chi connectivity index (χ4n) is 4.06. The fourth-order valence-corrected chi connectivity index (χ4v) is 4.41. The lowest BCUT2D eigenvalue weighted by molar-refractivity contribution is 1.21. The highest BCUT2D eigenvalue weighted by Crippen LogP contribution is 2.21. The molecule has 0 radical (unpaired) electrons. The van der Waals surface area contributed by atoms with E-state index in [1.54, 1.807) is 0 Å². The fraction of sp³-hybridized carbons (Fsp3) is 0. The van der Waals surface area contributed by atoms with Crippen molar-refractivity contribution in [2.45, 2.75) is 0 Å². The normalized spacial score (nSPS) is 12.7. The molecule has 5 aromatic rings. The third kappa shape index (κ3) is 3.61. The summed E-state index contributed by atoms with van der Waals surface area (Å²) < 4.78 is 1.22. The Kier molecular flexibility index (Phi) is 4.35. The molecule has 0 aliphatic carbocycles. The summed E-state index contributed by atoms with van der Waals surface area (Å²) in [5.74, 6) is 0. The van der Waals surface area contributed by atoms with Crippen LogP contribution in [0.15, 0.2) is 72.8 Å². The number of aromatic amines is 4. The van der Waals surface area contributed by atoms with Crippen LogP contribution in [0.5, 0.6) is 0 Å². The Bertz CT molecular complexity index is 1640. The molecule has 0 spiro atoms. The summed E-state index contributed by atoms with van der Waals surface area (Å²) in [7, 11) is 0. The number of nitrogens with one attached hydrogen (secondary N) is 4. The van der Waals surface area contributed by atoms with Crippen LogP contribution in [0.3, 0.4) is 0 Å². The average molecular weight is 514 g/mol. The van der Waals surface area contributed by atoms with Gasteiger partial charge in [-0.2, -0.15) is 0 Å². The highest BCUT2D eigenvalue weighted by Gasteiger charge is 2.10. The first-order chi connectivity index (χ1) is 15.2. The van der Waals surface area contributed by atoms with Crippen molar-refractivity contribution in [3.63, 3.8) is 0 Å². The van der Waals surface area contributed by atoms with Gasteiger partial charge in [0.05, 0.1) is 0 Å². The maximum atomic E-state index is 3.60. The first kappa shape index (κ1) is 18.3. The van der Waals surface area contributed by atoms with Gasteiger partial charge in [-0.25, -0.2) is 0 Å². The van der Waals surface area contributed by atoms with Crippen molar-refractivity contribution in [2.24, 2.45) is 0 Å². The number of benzene rings is 1. The lowest BCUT2D eigenvalue weighted by Crippen LogP contribution is -2.15. The molecule has 5 heteroatoms. The van der Waals surface area contributed by atoms with Crippen molar-refractivity contribution in [2.75, 3.05) is 0 Å². The molecule has 4 aromatic heterocycles. The molecule has 1 aromatic carbocycles. The molecule has 6 rings (SSSR count). The number of hydrogen-bond acceptors (Lipinski definition) is 0. The van der Waals surface area contributed by atoms with Crippen LogP contribution in [0, 0.1) is 3.57 Å². The van der Waals surface area contributed by atoms with Crippen LogP contribution in [-0.4, -0.2) is 19.9 Å². The second kappa shape index (κ2) is 7.35. The number of hydrogen-bond donors (Lipinski definition) is 4. The Morgan fingerprint density at radius 2 is 1.06 bits per heavy atom. The number of fused-ring (bicyclic) bond motifs is 8. The Morgan fingerprint density at radius 1 is 0.484 bits per heavy atom. The van der Waals surface area contributed by atoms with Gasteiger partial charge in [0, 0.05) is 53.3 Å². The minimum absolute atomic E-state index is 1.05. The molecule has 1 aliphatic heterocycles. The standard InChI is InChI=1S/C26H19IN4/c27-17-3-1-16(2-4-17)26-24-11-9-22(30-24)14-20-7-5-18(28-20)13-19-6-8-21(29-19)15-23-10-12-25(26)31-23/h1-15,28-31H. The van der Waals surface area contributed by atoms with Crippen molar-refractivity contribution >= 4 is 46.4 Å². The van der Waals surface area contributed by atoms with Crippen molar-refractivity contribution in [3.8, 4) is 0 Å². The van der Waals surface area contributed by atoms with Gasteiger partial charge in [-0.15, -0.1) is 0 Å².